The fourth-order valence-corrected chi connectivity index (χ4v) is 2.35. The van der Waals surface area contributed by atoms with Gasteiger partial charge in [-0.25, -0.2) is 9.37 Å². The Kier molecular flexibility index (Phi) is 10.3. The number of rotatable bonds is 7. The lowest BCUT2D eigenvalue weighted by atomic mass is 10.1. The number of guanidine groups is 1. The molecule has 1 aromatic carbocycles. The van der Waals surface area contributed by atoms with Gasteiger partial charge in [0, 0.05) is 32.3 Å². The van der Waals surface area contributed by atoms with Gasteiger partial charge in [0.1, 0.15) is 11.6 Å². The summed E-state index contributed by atoms with van der Waals surface area (Å²) in [6.45, 7) is 2.93. The molecule has 146 valence electrons. The molecule has 1 aromatic heterocycles. The Labute approximate surface area is 176 Å². The molecule has 0 spiro atoms. The fraction of sp³-hybridized carbons (Fsp3) is 0.316. The van der Waals surface area contributed by atoms with E-state index in [1.807, 2.05) is 25.1 Å². The summed E-state index contributed by atoms with van der Waals surface area (Å²) in [7, 11) is 1.66. The van der Waals surface area contributed by atoms with Gasteiger partial charge >= 0.3 is 0 Å². The van der Waals surface area contributed by atoms with Crippen LogP contribution in [0.2, 0.25) is 0 Å². The highest BCUT2D eigenvalue weighted by atomic mass is 127. The van der Waals surface area contributed by atoms with Crippen molar-refractivity contribution < 1.29 is 9.18 Å². The summed E-state index contributed by atoms with van der Waals surface area (Å²) >= 11 is 0. The summed E-state index contributed by atoms with van der Waals surface area (Å²) in [6.07, 6.45) is 0.970. The first-order valence-corrected chi connectivity index (χ1v) is 8.49. The van der Waals surface area contributed by atoms with E-state index in [1.165, 1.54) is 12.1 Å². The quantitative estimate of drug-likeness (QED) is 0.320. The number of anilines is 1. The smallest absolute Gasteiger partial charge is 0.227 e. The minimum absolute atomic E-state index is 0. The van der Waals surface area contributed by atoms with Crippen LogP contribution in [-0.2, 0) is 11.2 Å². The summed E-state index contributed by atoms with van der Waals surface area (Å²) in [5, 5.41) is 8.98. The molecule has 0 radical (unpaired) electrons. The SMILES string of the molecule is CN=C(NCCC(=O)Nc1cccc(C)n1)NCCc1cccc(F)c1.I. The molecular formula is C19H25FIN5O. The summed E-state index contributed by atoms with van der Waals surface area (Å²) < 4.78 is 13.1. The molecule has 0 fully saturated rings. The lowest BCUT2D eigenvalue weighted by Crippen LogP contribution is -2.39. The first-order valence-electron chi connectivity index (χ1n) is 8.49. The number of aryl methyl sites for hydroxylation is 1. The van der Waals surface area contributed by atoms with Crippen LogP contribution in [0.4, 0.5) is 10.2 Å². The standard InChI is InChI=1S/C19H24FN5O.HI/c1-14-5-3-8-17(24-14)25-18(26)10-12-23-19(21-2)22-11-9-15-6-4-7-16(20)13-15;/h3-8,13H,9-12H2,1-2H3,(H2,21,22,23)(H,24,25,26);1H. The number of aliphatic imine (C=N–C) groups is 1. The van der Waals surface area contributed by atoms with Crippen molar-refractivity contribution in [2.75, 3.05) is 25.5 Å². The Balaban J connectivity index is 0.00000364. The lowest BCUT2D eigenvalue weighted by molar-refractivity contribution is -0.116. The molecule has 0 saturated carbocycles. The minimum Gasteiger partial charge on any atom is -0.356 e. The Morgan fingerprint density at radius 1 is 1.15 bits per heavy atom. The van der Waals surface area contributed by atoms with Gasteiger partial charge in [-0.15, -0.1) is 24.0 Å². The highest BCUT2D eigenvalue weighted by Crippen LogP contribution is 2.04. The monoisotopic (exact) mass is 485 g/mol. The number of pyridine rings is 1. The van der Waals surface area contributed by atoms with E-state index in [4.69, 9.17) is 0 Å². The largest absolute Gasteiger partial charge is 0.356 e. The molecule has 2 aromatic rings. The summed E-state index contributed by atoms with van der Waals surface area (Å²) in [4.78, 5) is 20.3. The van der Waals surface area contributed by atoms with Crippen LogP contribution in [-0.4, -0.2) is 37.0 Å². The number of amides is 1. The third kappa shape index (κ3) is 8.80. The highest BCUT2D eigenvalue weighted by Gasteiger charge is 2.04. The van der Waals surface area contributed by atoms with Gasteiger partial charge in [-0.2, -0.15) is 0 Å². The van der Waals surface area contributed by atoms with Crippen LogP contribution >= 0.6 is 24.0 Å². The second-order valence-electron chi connectivity index (χ2n) is 5.77. The zero-order valence-corrected chi connectivity index (χ0v) is 17.8. The van der Waals surface area contributed by atoms with E-state index in [9.17, 15) is 9.18 Å². The molecule has 0 aliphatic carbocycles. The van der Waals surface area contributed by atoms with Crippen LogP contribution in [0.25, 0.3) is 0 Å². The maximum Gasteiger partial charge on any atom is 0.227 e. The maximum absolute atomic E-state index is 13.1. The molecule has 2 rings (SSSR count). The number of halogens is 2. The highest BCUT2D eigenvalue weighted by molar-refractivity contribution is 14.0. The van der Waals surface area contributed by atoms with Crippen LogP contribution in [0.15, 0.2) is 47.5 Å². The summed E-state index contributed by atoms with van der Waals surface area (Å²) in [5.41, 5.74) is 1.77. The number of nitrogens with zero attached hydrogens (tertiary/aromatic N) is 2. The van der Waals surface area contributed by atoms with Crippen molar-refractivity contribution in [2.45, 2.75) is 19.8 Å². The molecule has 1 amide bonds. The second-order valence-corrected chi connectivity index (χ2v) is 5.77. The second kappa shape index (κ2) is 12.2. The maximum atomic E-state index is 13.1. The van der Waals surface area contributed by atoms with Crippen LogP contribution in [0, 0.1) is 12.7 Å². The molecule has 0 aliphatic heterocycles. The number of carbonyl (C=O) groups excluding carboxylic acids is 1. The van der Waals surface area contributed by atoms with E-state index in [-0.39, 0.29) is 35.7 Å². The molecular weight excluding hydrogens is 460 g/mol. The normalized spacial score (nSPS) is 10.7. The molecule has 0 bridgehead atoms. The van der Waals surface area contributed by atoms with E-state index in [1.54, 1.807) is 19.2 Å². The van der Waals surface area contributed by atoms with E-state index in [0.29, 0.717) is 37.7 Å². The molecule has 3 N–H and O–H groups in total. The van der Waals surface area contributed by atoms with Crippen LogP contribution < -0.4 is 16.0 Å². The van der Waals surface area contributed by atoms with Crippen molar-refractivity contribution in [3.63, 3.8) is 0 Å². The van der Waals surface area contributed by atoms with Crippen LogP contribution in [0.3, 0.4) is 0 Å². The Morgan fingerprint density at radius 3 is 2.59 bits per heavy atom. The van der Waals surface area contributed by atoms with Gasteiger partial charge in [0.15, 0.2) is 5.96 Å². The Bertz CT molecular complexity index is 769. The molecule has 27 heavy (non-hydrogen) atoms. The molecule has 1 heterocycles. The molecule has 0 unspecified atom stereocenters. The Morgan fingerprint density at radius 2 is 1.89 bits per heavy atom. The van der Waals surface area contributed by atoms with Crippen molar-refractivity contribution >= 4 is 41.7 Å². The van der Waals surface area contributed by atoms with Crippen molar-refractivity contribution in [2.24, 2.45) is 4.99 Å². The third-order valence-electron chi connectivity index (χ3n) is 3.62. The number of hydrogen-bond acceptors (Lipinski definition) is 3. The Hall–Kier alpha value is -2.23. The molecule has 0 atom stereocenters. The molecule has 6 nitrogen and oxygen atoms in total. The number of aromatic nitrogens is 1. The van der Waals surface area contributed by atoms with Gasteiger partial charge in [0.2, 0.25) is 5.91 Å². The van der Waals surface area contributed by atoms with Crippen molar-refractivity contribution in [1.29, 1.82) is 0 Å². The number of benzene rings is 1. The fourth-order valence-electron chi connectivity index (χ4n) is 2.35. The number of carbonyl (C=O) groups is 1. The summed E-state index contributed by atoms with van der Waals surface area (Å²) in [6, 6.07) is 12.0. The van der Waals surface area contributed by atoms with E-state index >= 15 is 0 Å². The van der Waals surface area contributed by atoms with Crippen molar-refractivity contribution in [3.05, 3.63) is 59.5 Å². The number of hydrogen-bond donors (Lipinski definition) is 3. The first kappa shape index (κ1) is 22.8. The van der Waals surface area contributed by atoms with E-state index in [0.717, 1.165) is 11.3 Å². The average Bonchev–Trinajstić information content (AvgIpc) is 2.60. The lowest BCUT2D eigenvalue weighted by Gasteiger charge is -2.12. The number of nitrogens with one attached hydrogen (secondary N) is 3. The molecule has 8 heteroatoms. The summed E-state index contributed by atoms with van der Waals surface area (Å²) in [5.74, 6) is 0.792. The first-order chi connectivity index (χ1) is 12.6. The van der Waals surface area contributed by atoms with Gasteiger partial charge in [-0.3, -0.25) is 9.79 Å². The molecule has 0 saturated heterocycles. The predicted octanol–water partition coefficient (Wildman–Crippen LogP) is 2.88. The van der Waals surface area contributed by atoms with Gasteiger partial charge in [-0.05, 0) is 43.2 Å². The minimum atomic E-state index is -0.237. The molecule has 0 aliphatic rings. The van der Waals surface area contributed by atoms with Crippen LogP contribution in [0.1, 0.15) is 17.7 Å². The van der Waals surface area contributed by atoms with Gasteiger partial charge in [-0.1, -0.05) is 18.2 Å². The predicted molar refractivity (Wildman–Crippen MR) is 117 cm³/mol. The topological polar surface area (TPSA) is 78.4 Å². The zero-order chi connectivity index (χ0) is 18.8. The third-order valence-corrected chi connectivity index (χ3v) is 3.62. The van der Waals surface area contributed by atoms with Crippen molar-refractivity contribution in [1.82, 2.24) is 15.6 Å². The zero-order valence-electron chi connectivity index (χ0n) is 15.5. The van der Waals surface area contributed by atoms with E-state index < -0.39 is 0 Å². The van der Waals surface area contributed by atoms with Crippen molar-refractivity contribution in [3.8, 4) is 0 Å². The van der Waals surface area contributed by atoms with Gasteiger partial charge in [0.25, 0.3) is 0 Å². The average molecular weight is 485 g/mol. The van der Waals surface area contributed by atoms with E-state index in [2.05, 4.69) is 25.9 Å². The van der Waals surface area contributed by atoms with Gasteiger partial charge < -0.3 is 16.0 Å². The van der Waals surface area contributed by atoms with Gasteiger partial charge in [0.05, 0.1) is 0 Å². The van der Waals surface area contributed by atoms with Crippen LogP contribution in [0.5, 0.6) is 0 Å².